The maximum atomic E-state index is 10.3. The van der Waals surface area contributed by atoms with E-state index < -0.39 is 6.10 Å². The Morgan fingerprint density at radius 3 is 2.39 bits per heavy atom. The van der Waals surface area contributed by atoms with E-state index in [1.54, 1.807) is 17.8 Å². The van der Waals surface area contributed by atoms with Crippen molar-refractivity contribution in [1.29, 1.82) is 0 Å². The van der Waals surface area contributed by atoms with Gasteiger partial charge in [0, 0.05) is 15.5 Å². The van der Waals surface area contributed by atoms with Gasteiger partial charge in [-0.25, -0.2) is 0 Å². The van der Waals surface area contributed by atoms with Gasteiger partial charge in [-0.1, -0.05) is 48.9 Å². The summed E-state index contributed by atoms with van der Waals surface area (Å²) in [5.41, 5.74) is 1.61. The molecule has 0 saturated heterocycles. The summed E-state index contributed by atoms with van der Waals surface area (Å²) in [5, 5.41) is 10.9. The topological polar surface area (TPSA) is 20.2 Å². The first-order chi connectivity index (χ1) is 8.72. The Morgan fingerprint density at radius 1 is 1.11 bits per heavy atom. The van der Waals surface area contributed by atoms with Gasteiger partial charge in [0.25, 0.3) is 0 Å². The molecular formula is C15H15ClOS. The summed E-state index contributed by atoms with van der Waals surface area (Å²) in [6.07, 6.45) is -0.667. The first kappa shape index (κ1) is 13.5. The number of rotatable bonds is 4. The van der Waals surface area contributed by atoms with Gasteiger partial charge in [0.05, 0.1) is 0 Å². The Morgan fingerprint density at radius 2 is 1.78 bits per heavy atom. The van der Waals surface area contributed by atoms with Crippen LogP contribution in [0.25, 0.3) is 0 Å². The van der Waals surface area contributed by atoms with E-state index in [9.17, 15) is 5.11 Å². The van der Waals surface area contributed by atoms with Crippen LogP contribution < -0.4 is 0 Å². The van der Waals surface area contributed by atoms with Crippen LogP contribution in [0.3, 0.4) is 0 Å². The number of aliphatic hydroxyl groups is 1. The number of halogens is 1. The number of aliphatic hydroxyl groups excluding tert-OH is 1. The second-order valence-electron chi connectivity index (χ2n) is 3.93. The Bertz CT molecular complexity index is 510. The Balaban J connectivity index is 2.23. The van der Waals surface area contributed by atoms with Crippen LogP contribution >= 0.6 is 23.4 Å². The van der Waals surface area contributed by atoms with Gasteiger partial charge in [-0.3, -0.25) is 0 Å². The number of hydrogen-bond donors (Lipinski definition) is 1. The summed E-state index contributed by atoms with van der Waals surface area (Å²) in [6.45, 7) is 2.12. The molecule has 0 bridgehead atoms. The lowest BCUT2D eigenvalue weighted by atomic mass is 10.0. The molecular weight excluding hydrogens is 264 g/mol. The molecule has 0 radical (unpaired) electrons. The molecule has 0 spiro atoms. The van der Waals surface area contributed by atoms with Crippen molar-refractivity contribution in [3.05, 3.63) is 64.7 Å². The van der Waals surface area contributed by atoms with Gasteiger partial charge in [0.15, 0.2) is 0 Å². The minimum absolute atomic E-state index is 0.594. The van der Waals surface area contributed by atoms with Gasteiger partial charge in [-0.05, 0) is 29.5 Å². The van der Waals surface area contributed by atoms with Crippen molar-refractivity contribution in [2.75, 3.05) is 5.75 Å². The highest BCUT2D eigenvalue weighted by molar-refractivity contribution is 7.99. The second-order valence-corrected chi connectivity index (χ2v) is 5.67. The van der Waals surface area contributed by atoms with Crippen molar-refractivity contribution in [2.45, 2.75) is 17.9 Å². The fourth-order valence-corrected chi connectivity index (χ4v) is 2.69. The molecule has 0 fully saturated rings. The molecule has 2 aromatic carbocycles. The predicted octanol–water partition coefficient (Wildman–Crippen LogP) is 4.53. The third-order valence-electron chi connectivity index (χ3n) is 2.71. The van der Waals surface area contributed by atoms with Gasteiger partial charge >= 0.3 is 0 Å². The van der Waals surface area contributed by atoms with E-state index in [0.717, 1.165) is 16.9 Å². The molecule has 1 nitrogen and oxygen atoms in total. The zero-order valence-electron chi connectivity index (χ0n) is 10.1. The molecule has 94 valence electrons. The minimum Gasteiger partial charge on any atom is -0.384 e. The van der Waals surface area contributed by atoms with Crippen LogP contribution in [0.5, 0.6) is 0 Å². The largest absolute Gasteiger partial charge is 0.384 e. The van der Waals surface area contributed by atoms with Crippen LogP contribution in [0, 0.1) is 0 Å². The highest BCUT2D eigenvalue weighted by atomic mass is 35.5. The number of benzene rings is 2. The van der Waals surface area contributed by atoms with Crippen LogP contribution in [0.2, 0.25) is 5.02 Å². The Kier molecular flexibility index (Phi) is 4.70. The average Bonchev–Trinajstić information content (AvgIpc) is 2.40. The monoisotopic (exact) mass is 278 g/mol. The third kappa shape index (κ3) is 3.08. The quantitative estimate of drug-likeness (QED) is 0.829. The van der Waals surface area contributed by atoms with E-state index in [4.69, 9.17) is 11.6 Å². The van der Waals surface area contributed by atoms with Crippen LogP contribution in [-0.4, -0.2) is 10.9 Å². The summed E-state index contributed by atoms with van der Waals surface area (Å²) in [6, 6.07) is 15.3. The molecule has 0 saturated carbocycles. The molecule has 0 aliphatic rings. The predicted molar refractivity (Wildman–Crippen MR) is 78.4 cm³/mol. The molecule has 2 rings (SSSR count). The normalized spacial score (nSPS) is 12.4. The first-order valence-corrected chi connectivity index (χ1v) is 7.24. The third-order valence-corrected chi connectivity index (χ3v) is 3.95. The molecule has 0 aromatic heterocycles. The summed E-state index contributed by atoms with van der Waals surface area (Å²) in [7, 11) is 0. The molecule has 0 amide bonds. The van der Waals surface area contributed by atoms with Gasteiger partial charge in [0.1, 0.15) is 6.10 Å². The summed E-state index contributed by atoms with van der Waals surface area (Å²) < 4.78 is 0. The fourth-order valence-electron chi connectivity index (χ4n) is 1.79. The zero-order chi connectivity index (χ0) is 13.0. The van der Waals surface area contributed by atoms with Gasteiger partial charge in [-0.2, -0.15) is 0 Å². The van der Waals surface area contributed by atoms with Gasteiger partial charge in [0.2, 0.25) is 0 Å². The van der Waals surface area contributed by atoms with Crippen LogP contribution in [0.15, 0.2) is 53.4 Å². The van der Waals surface area contributed by atoms with E-state index in [1.807, 2.05) is 42.5 Å². The second kappa shape index (κ2) is 6.28. The molecule has 1 N–H and O–H groups in total. The van der Waals surface area contributed by atoms with Crippen molar-refractivity contribution in [3.8, 4) is 0 Å². The maximum Gasteiger partial charge on any atom is 0.105 e. The molecule has 0 heterocycles. The van der Waals surface area contributed by atoms with Gasteiger partial charge < -0.3 is 5.11 Å². The van der Waals surface area contributed by atoms with E-state index in [1.165, 1.54) is 4.90 Å². The molecule has 0 aliphatic heterocycles. The molecule has 3 heteroatoms. The number of thioether (sulfide) groups is 1. The van der Waals surface area contributed by atoms with Crippen molar-refractivity contribution in [1.82, 2.24) is 0 Å². The Hall–Kier alpha value is -0.960. The lowest BCUT2D eigenvalue weighted by molar-refractivity contribution is 0.220. The van der Waals surface area contributed by atoms with E-state index in [2.05, 4.69) is 6.92 Å². The van der Waals surface area contributed by atoms with Crippen LogP contribution in [-0.2, 0) is 0 Å². The SMILES string of the molecule is CCSc1ccc(C(O)c2ccccc2Cl)cc1. The number of hydrogen-bond acceptors (Lipinski definition) is 2. The van der Waals surface area contributed by atoms with E-state index >= 15 is 0 Å². The molecule has 1 atom stereocenters. The zero-order valence-corrected chi connectivity index (χ0v) is 11.7. The molecule has 2 aromatic rings. The standard InChI is InChI=1S/C15H15ClOS/c1-2-18-12-9-7-11(8-10-12)15(17)13-5-3-4-6-14(13)16/h3-10,15,17H,2H2,1H3. The average molecular weight is 279 g/mol. The molecule has 1 unspecified atom stereocenters. The van der Waals surface area contributed by atoms with Crippen LogP contribution in [0.4, 0.5) is 0 Å². The van der Waals surface area contributed by atoms with Crippen molar-refractivity contribution < 1.29 is 5.11 Å². The minimum atomic E-state index is -0.667. The van der Waals surface area contributed by atoms with Crippen LogP contribution in [0.1, 0.15) is 24.2 Å². The van der Waals surface area contributed by atoms with E-state index in [-0.39, 0.29) is 0 Å². The van der Waals surface area contributed by atoms with E-state index in [0.29, 0.717) is 5.02 Å². The summed E-state index contributed by atoms with van der Waals surface area (Å²) >= 11 is 7.87. The first-order valence-electron chi connectivity index (χ1n) is 5.87. The summed E-state index contributed by atoms with van der Waals surface area (Å²) in [5.74, 6) is 1.05. The Labute approximate surface area is 117 Å². The highest BCUT2D eigenvalue weighted by Gasteiger charge is 2.13. The fraction of sp³-hybridized carbons (Fsp3) is 0.200. The van der Waals surface area contributed by atoms with Gasteiger partial charge in [-0.15, -0.1) is 11.8 Å². The molecule has 18 heavy (non-hydrogen) atoms. The maximum absolute atomic E-state index is 10.3. The summed E-state index contributed by atoms with van der Waals surface area (Å²) in [4.78, 5) is 1.22. The molecule has 0 aliphatic carbocycles. The lowest BCUT2D eigenvalue weighted by Gasteiger charge is -2.13. The lowest BCUT2D eigenvalue weighted by Crippen LogP contribution is -2.00. The smallest absolute Gasteiger partial charge is 0.105 e. The highest BCUT2D eigenvalue weighted by Crippen LogP contribution is 2.29. The van der Waals surface area contributed by atoms with Crippen molar-refractivity contribution in [3.63, 3.8) is 0 Å². The van der Waals surface area contributed by atoms with Crippen molar-refractivity contribution >= 4 is 23.4 Å². The van der Waals surface area contributed by atoms with Crippen molar-refractivity contribution in [2.24, 2.45) is 0 Å².